The van der Waals surface area contributed by atoms with Gasteiger partial charge in [-0.25, -0.2) is 15.0 Å². The number of anilines is 1. The summed E-state index contributed by atoms with van der Waals surface area (Å²) < 4.78 is 6.28. The van der Waals surface area contributed by atoms with Gasteiger partial charge >= 0.3 is 0 Å². The van der Waals surface area contributed by atoms with Crippen molar-refractivity contribution < 1.29 is 4.74 Å². The van der Waals surface area contributed by atoms with Crippen molar-refractivity contribution in [1.29, 1.82) is 5.26 Å². The van der Waals surface area contributed by atoms with E-state index in [9.17, 15) is 5.26 Å². The molecule has 0 spiro atoms. The van der Waals surface area contributed by atoms with Crippen LogP contribution in [-0.2, 0) is 12.8 Å². The SMILES string of the molecule is COc1ccc(CCNc2ncc(-c3nc4ccccc4s3)c(CC#N)n2)cc1. The first kappa shape index (κ1) is 18.8. The summed E-state index contributed by atoms with van der Waals surface area (Å²) in [5, 5.41) is 13.3. The van der Waals surface area contributed by atoms with Gasteiger partial charge in [0.05, 0.1) is 41.1 Å². The molecule has 0 unspecified atom stereocenters. The smallest absolute Gasteiger partial charge is 0.222 e. The quantitative estimate of drug-likeness (QED) is 0.491. The van der Waals surface area contributed by atoms with Gasteiger partial charge in [0.1, 0.15) is 10.8 Å². The van der Waals surface area contributed by atoms with Crippen molar-refractivity contribution in [3.8, 4) is 22.4 Å². The zero-order chi connectivity index (χ0) is 20.1. The number of nitriles is 1. The Morgan fingerprint density at radius 2 is 1.93 bits per heavy atom. The number of fused-ring (bicyclic) bond motifs is 1. The molecule has 29 heavy (non-hydrogen) atoms. The number of para-hydroxylation sites is 1. The number of thiazole rings is 1. The van der Waals surface area contributed by atoms with Crippen molar-refractivity contribution in [3.63, 3.8) is 0 Å². The van der Waals surface area contributed by atoms with Crippen molar-refractivity contribution in [2.45, 2.75) is 12.8 Å². The lowest BCUT2D eigenvalue weighted by Crippen LogP contribution is -2.09. The maximum atomic E-state index is 9.23. The lowest BCUT2D eigenvalue weighted by Gasteiger charge is -2.08. The van der Waals surface area contributed by atoms with Gasteiger partial charge in [-0.15, -0.1) is 11.3 Å². The molecule has 0 aliphatic heterocycles. The van der Waals surface area contributed by atoms with E-state index in [-0.39, 0.29) is 6.42 Å². The van der Waals surface area contributed by atoms with Crippen molar-refractivity contribution in [3.05, 3.63) is 66.0 Å². The number of ether oxygens (including phenoxy) is 1. The summed E-state index contributed by atoms with van der Waals surface area (Å²) in [7, 11) is 1.66. The van der Waals surface area contributed by atoms with Crippen LogP contribution in [-0.4, -0.2) is 28.6 Å². The van der Waals surface area contributed by atoms with Crippen molar-refractivity contribution >= 4 is 27.5 Å². The lowest BCUT2D eigenvalue weighted by atomic mass is 10.1. The van der Waals surface area contributed by atoms with E-state index < -0.39 is 0 Å². The summed E-state index contributed by atoms with van der Waals surface area (Å²) >= 11 is 1.58. The molecule has 7 heteroatoms. The Balaban J connectivity index is 1.50. The molecule has 2 aromatic carbocycles. The van der Waals surface area contributed by atoms with Crippen molar-refractivity contribution in [2.24, 2.45) is 0 Å². The van der Waals surface area contributed by atoms with Gasteiger partial charge in [0.15, 0.2) is 0 Å². The Labute approximate surface area is 172 Å². The average molecular weight is 401 g/mol. The zero-order valence-corrected chi connectivity index (χ0v) is 16.7. The van der Waals surface area contributed by atoms with Crippen LogP contribution < -0.4 is 10.1 Å². The van der Waals surface area contributed by atoms with Gasteiger partial charge in [0.2, 0.25) is 5.95 Å². The normalized spacial score (nSPS) is 10.6. The number of rotatable bonds is 7. The molecule has 4 aromatic rings. The first-order valence-corrected chi connectivity index (χ1v) is 10.0. The monoisotopic (exact) mass is 401 g/mol. The van der Waals surface area contributed by atoms with E-state index in [1.54, 1.807) is 24.6 Å². The number of hydrogen-bond donors (Lipinski definition) is 1. The van der Waals surface area contributed by atoms with Crippen molar-refractivity contribution in [1.82, 2.24) is 15.0 Å². The molecule has 1 N–H and O–H groups in total. The molecule has 2 aromatic heterocycles. The highest BCUT2D eigenvalue weighted by Gasteiger charge is 2.13. The van der Waals surface area contributed by atoms with Gasteiger partial charge in [-0.05, 0) is 36.2 Å². The predicted molar refractivity (Wildman–Crippen MR) is 115 cm³/mol. The fraction of sp³-hybridized carbons (Fsp3) is 0.182. The van der Waals surface area contributed by atoms with Crippen LogP contribution in [0.4, 0.5) is 5.95 Å². The van der Waals surface area contributed by atoms with Gasteiger partial charge in [-0.1, -0.05) is 24.3 Å². The van der Waals surface area contributed by atoms with Crippen molar-refractivity contribution in [2.75, 3.05) is 19.0 Å². The number of aromatic nitrogens is 3. The summed E-state index contributed by atoms with van der Waals surface area (Å²) in [6, 6.07) is 18.2. The largest absolute Gasteiger partial charge is 0.497 e. The Kier molecular flexibility index (Phi) is 5.63. The maximum absolute atomic E-state index is 9.23. The minimum absolute atomic E-state index is 0.209. The highest BCUT2D eigenvalue weighted by molar-refractivity contribution is 7.21. The molecule has 0 saturated heterocycles. The molecule has 0 fully saturated rings. The molecule has 4 rings (SSSR count). The van der Waals surface area contributed by atoms with Gasteiger partial charge in [0.25, 0.3) is 0 Å². The summed E-state index contributed by atoms with van der Waals surface area (Å²) in [6.07, 6.45) is 2.80. The van der Waals surface area contributed by atoms with Gasteiger partial charge in [0, 0.05) is 12.7 Å². The number of nitrogens with zero attached hydrogens (tertiary/aromatic N) is 4. The van der Waals surface area contributed by atoms with Gasteiger partial charge < -0.3 is 10.1 Å². The molecule has 144 valence electrons. The van der Waals surface area contributed by atoms with E-state index in [4.69, 9.17) is 4.74 Å². The van der Waals surface area contributed by atoms with Gasteiger partial charge in [-0.3, -0.25) is 0 Å². The number of benzene rings is 2. The number of nitrogens with one attached hydrogen (secondary N) is 1. The fourth-order valence-electron chi connectivity index (χ4n) is 2.99. The topological polar surface area (TPSA) is 83.7 Å². The average Bonchev–Trinajstić information content (AvgIpc) is 3.19. The Morgan fingerprint density at radius 3 is 2.69 bits per heavy atom. The summed E-state index contributed by atoms with van der Waals surface area (Å²) in [5.74, 6) is 1.37. The summed E-state index contributed by atoms with van der Waals surface area (Å²) in [6.45, 7) is 0.693. The fourth-order valence-corrected chi connectivity index (χ4v) is 3.99. The molecule has 0 radical (unpaired) electrons. The highest BCUT2D eigenvalue weighted by Crippen LogP contribution is 2.31. The van der Waals surface area contributed by atoms with E-state index in [1.807, 2.05) is 48.5 Å². The molecule has 0 aliphatic carbocycles. The van der Waals surface area contributed by atoms with Crippen LogP contribution in [0.5, 0.6) is 5.75 Å². The van der Waals surface area contributed by atoms with Crippen LogP contribution in [0.2, 0.25) is 0 Å². The summed E-state index contributed by atoms with van der Waals surface area (Å²) in [4.78, 5) is 13.7. The number of methoxy groups -OCH3 is 1. The first-order chi connectivity index (χ1) is 14.3. The molecule has 0 atom stereocenters. The zero-order valence-electron chi connectivity index (χ0n) is 15.9. The third kappa shape index (κ3) is 4.33. The molecule has 0 aliphatic rings. The molecule has 0 amide bonds. The molecule has 6 nitrogen and oxygen atoms in total. The van der Waals surface area contributed by atoms with Crippen LogP contribution in [0.1, 0.15) is 11.3 Å². The van der Waals surface area contributed by atoms with E-state index >= 15 is 0 Å². The lowest BCUT2D eigenvalue weighted by molar-refractivity contribution is 0.414. The second-order valence-electron chi connectivity index (χ2n) is 6.40. The Hall–Kier alpha value is -3.50. The maximum Gasteiger partial charge on any atom is 0.222 e. The molecule has 0 saturated carbocycles. The van der Waals surface area contributed by atoms with Crippen LogP contribution in [0, 0.1) is 11.3 Å². The van der Waals surface area contributed by atoms with Crippen LogP contribution in [0.15, 0.2) is 54.7 Å². The van der Waals surface area contributed by atoms with Crippen LogP contribution >= 0.6 is 11.3 Å². The summed E-state index contributed by atoms with van der Waals surface area (Å²) in [5.41, 5.74) is 3.64. The van der Waals surface area contributed by atoms with E-state index in [0.717, 1.165) is 33.0 Å². The third-order valence-corrected chi connectivity index (χ3v) is 5.56. The minimum atomic E-state index is 0.209. The first-order valence-electron chi connectivity index (χ1n) is 9.22. The minimum Gasteiger partial charge on any atom is -0.497 e. The van der Waals surface area contributed by atoms with E-state index in [0.29, 0.717) is 18.2 Å². The van der Waals surface area contributed by atoms with Crippen LogP contribution in [0.3, 0.4) is 0 Å². The predicted octanol–water partition coefficient (Wildman–Crippen LogP) is 4.48. The molecular formula is C22H19N5OS. The highest BCUT2D eigenvalue weighted by atomic mass is 32.1. The second kappa shape index (κ2) is 8.67. The molecule has 2 heterocycles. The van der Waals surface area contributed by atoms with E-state index in [2.05, 4.69) is 26.3 Å². The van der Waals surface area contributed by atoms with Crippen LogP contribution in [0.25, 0.3) is 20.8 Å². The Bertz CT molecular complexity index is 1130. The molecular weight excluding hydrogens is 382 g/mol. The Morgan fingerprint density at radius 1 is 1.10 bits per heavy atom. The standard InChI is InChI=1S/C22H19N5OS/c1-28-16-8-6-15(7-9-16)11-13-24-22-25-14-17(18(27-22)10-12-23)21-26-19-4-2-3-5-20(19)29-21/h2-9,14H,10-11,13H2,1H3,(H,24,25,27). The third-order valence-electron chi connectivity index (χ3n) is 4.49. The van der Waals surface area contributed by atoms with Gasteiger partial charge in [-0.2, -0.15) is 5.26 Å². The molecule has 0 bridgehead atoms. The number of hydrogen-bond acceptors (Lipinski definition) is 7. The van der Waals surface area contributed by atoms with E-state index in [1.165, 1.54) is 5.56 Å². The second-order valence-corrected chi connectivity index (χ2v) is 7.43.